The van der Waals surface area contributed by atoms with E-state index in [1.54, 1.807) is 7.11 Å². The Morgan fingerprint density at radius 1 is 1.45 bits per heavy atom. The van der Waals surface area contributed by atoms with Gasteiger partial charge in [0.25, 0.3) is 0 Å². The zero-order valence-electron chi connectivity index (χ0n) is 13.8. The molecule has 1 aliphatic heterocycles. The summed E-state index contributed by atoms with van der Waals surface area (Å²) < 4.78 is 5.14. The molecule has 1 saturated heterocycles. The summed E-state index contributed by atoms with van der Waals surface area (Å²) in [6, 6.07) is 4.34. The van der Waals surface area contributed by atoms with Gasteiger partial charge < -0.3 is 15.4 Å². The third-order valence-electron chi connectivity index (χ3n) is 4.44. The highest BCUT2D eigenvalue weighted by Crippen LogP contribution is 2.33. The van der Waals surface area contributed by atoms with Crippen LogP contribution in [0.3, 0.4) is 0 Å². The lowest BCUT2D eigenvalue weighted by Gasteiger charge is -2.32. The number of hydrogen-bond acceptors (Lipinski definition) is 5. The molecule has 5 heteroatoms. The molecular formula is C17H26N4O. The molecule has 0 radical (unpaired) electrons. The van der Waals surface area contributed by atoms with Gasteiger partial charge in [-0.1, -0.05) is 13.8 Å². The Morgan fingerprint density at radius 3 is 2.68 bits per heavy atom. The van der Waals surface area contributed by atoms with E-state index in [-0.39, 0.29) is 0 Å². The van der Waals surface area contributed by atoms with Crippen LogP contribution in [0.5, 0.6) is 0 Å². The molecule has 0 aliphatic carbocycles. The molecule has 120 valence electrons. The molecule has 22 heavy (non-hydrogen) atoms. The predicted molar refractivity (Wildman–Crippen MR) is 87.7 cm³/mol. The number of anilines is 1. The van der Waals surface area contributed by atoms with E-state index in [1.807, 2.05) is 0 Å². The number of nitrogens with zero attached hydrogens (tertiary/aromatic N) is 3. The summed E-state index contributed by atoms with van der Waals surface area (Å²) in [7, 11) is 1.74. The van der Waals surface area contributed by atoms with E-state index < -0.39 is 0 Å². The summed E-state index contributed by atoms with van der Waals surface area (Å²) in [5.74, 6) is 1.09. The van der Waals surface area contributed by atoms with Crippen LogP contribution in [0, 0.1) is 11.3 Å². The van der Waals surface area contributed by atoms with Gasteiger partial charge >= 0.3 is 0 Å². The Morgan fingerprint density at radius 2 is 2.14 bits per heavy atom. The lowest BCUT2D eigenvalue weighted by molar-refractivity contribution is 0.130. The fourth-order valence-electron chi connectivity index (χ4n) is 3.03. The summed E-state index contributed by atoms with van der Waals surface area (Å²) in [5, 5.41) is 9.43. The second-order valence-electron chi connectivity index (χ2n) is 6.27. The molecule has 2 heterocycles. The SMILES string of the molecule is COCCN1CCC(c2cc(C(C)C)nc(N)c2C#N)CC1. The topological polar surface area (TPSA) is 75.2 Å². The number of hydrogen-bond donors (Lipinski definition) is 1. The number of nitrogens with two attached hydrogens (primary N) is 1. The highest BCUT2D eigenvalue weighted by molar-refractivity contribution is 5.55. The zero-order chi connectivity index (χ0) is 16.1. The number of ether oxygens (including phenoxy) is 1. The second-order valence-corrected chi connectivity index (χ2v) is 6.27. The number of methoxy groups -OCH3 is 1. The van der Waals surface area contributed by atoms with Crippen molar-refractivity contribution in [3.63, 3.8) is 0 Å². The Labute approximate surface area is 133 Å². The molecular weight excluding hydrogens is 276 g/mol. The summed E-state index contributed by atoms with van der Waals surface area (Å²) in [4.78, 5) is 6.80. The van der Waals surface area contributed by atoms with Crippen molar-refractivity contribution in [2.45, 2.75) is 38.5 Å². The van der Waals surface area contributed by atoms with Gasteiger partial charge in [0.15, 0.2) is 0 Å². The third kappa shape index (κ3) is 3.76. The molecule has 2 rings (SSSR count). The quantitative estimate of drug-likeness (QED) is 0.904. The second kappa shape index (κ2) is 7.57. The van der Waals surface area contributed by atoms with Gasteiger partial charge in [-0.3, -0.25) is 0 Å². The van der Waals surface area contributed by atoms with Crippen LogP contribution in [0.1, 0.15) is 55.3 Å². The van der Waals surface area contributed by atoms with Crippen LogP contribution in [0.15, 0.2) is 6.07 Å². The molecule has 0 bridgehead atoms. The van der Waals surface area contributed by atoms with Crippen LogP contribution < -0.4 is 5.73 Å². The first-order chi connectivity index (χ1) is 10.6. The number of aromatic nitrogens is 1. The molecule has 0 spiro atoms. The van der Waals surface area contributed by atoms with Crippen molar-refractivity contribution in [3.05, 3.63) is 22.9 Å². The number of nitrogen functional groups attached to an aromatic ring is 1. The van der Waals surface area contributed by atoms with Crippen molar-refractivity contribution in [2.24, 2.45) is 0 Å². The summed E-state index contributed by atoms with van der Waals surface area (Å²) in [6.07, 6.45) is 2.11. The number of piperidine rings is 1. The Hall–Kier alpha value is -1.64. The van der Waals surface area contributed by atoms with Crippen molar-refractivity contribution in [2.75, 3.05) is 39.1 Å². The van der Waals surface area contributed by atoms with Crippen LogP contribution in [0.25, 0.3) is 0 Å². The van der Waals surface area contributed by atoms with Crippen LogP contribution in [-0.2, 0) is 4.74 Å². The van der Waals surface area contributed by atoms with Gasteiger partial charge in [0.1, 0.15) is 11.9 Å². The normalized spacial score (nSPS) is 16.9. The molecule has 1 aromatic rings. The first kappa shape index (κ1) is 16.7. The van der Waals surface area contributed by atoms with Gasteiger partial charge in [0, 0.05) is 19.3 Å². The summed E-state index contributed by atoms with van der Waals surface area (Å²) in [6.45, 7) is 8.03. The first-order valence-corrected chi connectivity index (χ1v) is 7.98. The number of likely N-dealkylation sites (tertiary alicyclic amines) is 1. The molecule has 2 N–H and O–H groups in total. The summed E-state index contributed by atoms with van der Waals surface area (Å²) >= 11 is 0. The average Bonchev–Trinajstić information content (AvgIpc) is 2.52. The van der Waals surface area contributed by atoms with Gasteiger partial charge in [0.05, 0.1) is 12.2 Å². The molecule has 0 saturated carbocycles. The molecule has 0 amide bonds. The lowest BCUT2D eigenvalue weighted by Crippen LogP contribution is -2.35. The summed E-state index contributed by atoms with van der Waals surface area (Å²) in [5.41, 5.74) is 8.65. The molecule has 1 aliphatic rings. The van der Waals surface area contributed by atoms with E-state index in [1.165, 1.54) is 0 Å². The van der Waals surface area contributed by atoms with Gasteiger partial charge in [-0.25, -0.2) is 4.98 Å². The van der Waals surface area contributed by atoms with Crippen molar-refractivity contribution in [3.8, 4) is 6.07 Å². The van der Waals surface area contributed by atoms with Crippen LogP contribution in [0.4, 0.5) is 5.82 Å². The minimum atomic E-state index is 0.315. The number of rotatable bonds is 5. The third-order valence-corrected chi connectivity index (χ3v) is 4.44. The van der Waals surface area contributed by atoms with E-state index in [4.69, 9.17) is 10.5 Å². The minimum Gasteiger partial charge on any atom is -0.383 e. The van der Waals surface area contributed by atoms with E-state index in [0.29, 0.717) is 23.2 Å². The highest BCUT2D eigenvalue weighted by Gasteiger charge is 2.24. The number of nitriles is 1. The molecule has 5 nitrogen and oxygen atoms in total. The fraction of sp³-hybridized carbons (Fsp3) is 0.647. The van der Waals surface area contributed by atoms with E-state index >= 15 is 0 Å². The van der Waals surface area contributed by atoms with E-state index in [9.17, 15) is 5.26 Å². The Kier molecular flexibility index (Phi) is 5.76. The number of pyridine rings is 1. The Bertz CT molecular complexity index is 542. The van der Waals surface area contributed by atoms with Crippen LogP contribution in [0.2, 0.25) is 0 Å². The highest BCUT2D eigenvalue weighted by atomic mass is 16.5. The van der Waals surface area contributed by atoms with Crippen molar-refractivity contribution in [1.82, 2.24) is 9.88 Å². The molecule has 0 aromatic carbocycles. The largest absolute Gasteiger partial charge is 0.383 e. The zero-order valence-corrected chi connectivity index (χ0v) is 13.8. The van der Waals surface area contributed by atoms with Gasteiger partial charge in [-0.15, -0.1) is 0 Å². The average molecular weight is 302 g/mol. The standard InChI is InChI=1S/C17H26N4O/c1-12(2)16-10-14(15(11-18)17(19)20-16)13-4-6-21(7-5-13)8-9-22-3/h10,12-13H,4-9H2,1-3H3,(H2,19,20). The maximum absolute atomic E-state index is 9.43. The molecule has 0 unspecified atom stereocenters. The van der Waals surface area contributed by atoms with E-state index in [0.717, 1.165) is 50.3 Å². The van der Waals surface area contributed by atoms with Crippen molar-refractivity contribution < 1.29 is 4.74 Å². The minimum absolute atomic E-state index is 0.315. The van der Waals surface area contributed by atoms with Gasteiger partial charge in [-0.05, 0) is 49.4 Å². The molecule has 0 atom stereocenters. The van der Waals surface area contributed by atoms with Crippen LogP contribution >= 0.6 is 0 Å². The van der Waals surface area contributed by atoms with Crippen LogP contribution in [-0.4, -0.2) is 43.2 Å². The maximum Gasteiger partial charge on any atom is 0.141 e. The predicted octanol–water partition coefficient (Wildman–Crippen LogP) is 2.48. The Balaban J connectivity index is 2.17. The lowest BCUT2D eigenvalue weighted by atomic mass is 9.86. The monoisotopic (exact) mass is 302 g/mol. The molecule has 1 aromatic heterocycles. The van der Waals surface area contributed by atoms with Gasteiger partial charge in [0.2, 0.25) is 0 Å². The maximum atomic E-state index is 9.43. The van der Waals surface area contributed by atoms with Gasteiger partial charge in [-0.2, -0.15) is 5.26 Å². The van der Waals surface area contributed by atoms with E-state index in [2.05, 4.69) is 35.9 Å². The molecule has 1 fully saturated rings. The fourth-order valence-corrected chi connectivity index (χ4v) is 3.03. The van der Waals surface area contributed by atoms with Crippen molar-refractivity contribution >= 4 is 5.82 Å². The smallest absolute Gasteiger partial charge is 0.141 e. The van der Waals surface area contributed by atoms with Crippen molar-refractivity contribution in [1.29, 1.82) is 5.26 Å². The first-order valence-electron chi connectivity index (χ1n) is 7.98.